The molecular formula is C19H24N2O2S. The zero-order valence-electron chi connectivity index (χ0n) is 14.5. The van der Waals surface area contributed by atoms with E-state index in [-0.39, 0.29) is 5.91 Å². The summed E-state index contributed by atoms with van der Waals surface area (Å²) in [5.74, 6) is 2.87. The van der Waals surface area contributed by atoms with E-state index in [0.717, 1.165) is 42.3 Å². The molecule has 128 valence electrons. The predicted octanol–water partition coefficient (Wildman–Crippen LogP) is 3.85. The molecule has 24 heavy (non-hydrogen) atoms. The quantitative estimate of drug-likeness (QED) is 0.826. The first-order valence-electron chi connectivity index (χ1n) is 8.39. The van der Waals surface area contributed by atoms with Gasteiger partial charge >= 0.3 is 0 Å². The van der Waals surface area contributed by atoms with Gasteiger partial charge in [0.1, 0.15) is 5.76 Å². The van der Waals surface area contributed by atoms with Gasteiger partial charge in [-0.05, 0) is 38.3 Å². The number of likely N-dealkylation sites (tertiary alicyclic amines) is 1. The highest BCUT2D eigenvalue weighted by Gasteiger charge is 2.27. The normalized spacial score (nSPS) is 17.5. The summed E-state index contributed by atoms with van der Waals surface area (Å²) in [4.78, 5) is 14.5. The molecule has 3 rings (SSSR count). The van der Waals surface area contributed by atoms with Gasteiger partial charge in [-0.25, -0.2) is 0 Å². The van der Waals surface area contributed by atoms with Crippen molar-refractivity contribution in [1.29, 1.82) is 0 Å². The second kappa shape index (κ2) is 7.43. The van der Waals surface area contributed by atoms with Gasteiger partial charge in [0.2, 0.25) is 5.91 Å². The van der Waals surface area contributed by atoms with E-state index >= 15 is 0 Å². The van der Waals surface area contributed by atoms with Crippen LogP contribution in [0.1, 0.15) is 40.5 Å². The lowest BCUT2D eigenvalue weighted by atomic mass is 9.94. The molecule has 2 heterocycles. The summed E-state index contributed by atoms with van der Waals surface area (Å²) in [5, 5.41) is 3.96. The molecule has 0 saturated carbocycles. The summed E-state index contributed by atoms with van der Waals surface area (Å²) in [6.07, 6.45) is 1.06. The monoisotopic (exact) mass is 344 g/mol. The second-order valence-electron chi connectivity index (χ2n) is 6.48. The number of amides is 1. The Morgan fingerprint density at radius 3 is 2.83 bits per heavy atom. The summed E-state index contributed by atoms with van der Waals surface area (Å²) >= 11 is 1.64. The molecule has 1 aromatic heterocycles. The minimum atomic E-state index is 0.239. The van der Waals surface area contributed by atoms with E-state index in [4.69, 9.17) is 4.52 Å². The van der Waals surface area contributed by atoms with Crippen molar-refractivity contribution in [2.45, 2.75) is 38.9 Å². The van der Waals surface area contributed by atoms with Crippen molar-refractivity contribution < 1.29 is 9.32 Å². The van der Waals surface area contributed by atoms with Crippen LogP contribution in [0.3, 0.4) is 0 Å². The third-order valence-electron chi connectivity index (χ3n) is 4.82. The number of thioether (sulfide) groups is 1. The summed E-state index contributed by atoms with van der Waals surface area (Å²) < 4.78 is 5.17. The topological polar surface area (TPSA) is 46.3 Å². The highest BCUT2D eigenvalue weighted by Crippen LogP contribution is 2.30. The Morgan fingerprint density at radius 1 is 1.33 bits per heavy atom. The molecule has 0 N–H and O–H groups in total. The molecular weight excluding hydrogens is 320 g/mol. The van der Waals surface area contributed by atoms with Gasteiger partial charge in [-0.15, -0.1) is 11.8 Å². The van der Waals surface area contributed by atoms with Crippen molar-refractivity contribution in [3.63, 3.8) is 0 Å². The third-order valence-corrected chi connectivity index (χ3v) is 5.77. The molecule has 0 unspecified atom stereocenters. The Balaban J connectivity index is 1.51. The lowest BCUT2D eigenvalue weighted by Crippen LogP contribution is -2.30. The molecule has 0 bridgehead atoms. The van der Waals surface area contributed by atoms with Crippen molar-refractivity contribution >= 4 is 17.7 Å². The maximum atomic E-state index is 12.5. The van der Waals surface area contributed by atoms with Crippen molar-refractivity contribution in [2.75, 3.05) is 18.8 Å². The van der Waals surface area contributed by atoms with Gasteiger partial charge in [-0.3, -0.25) is 4.79 Å². The number of hydrogen-bond acceptors (Lipinski definition) is 4. The maximum Gasteiger partial charge on any atom is 0.232 e. The third kappa shape index (κ3) is 3.66. The van der Waals surface area contributed by atoms with Crippen molar-refractivity contribution in [3.05, 3.63) is 52.4 Å². The van der Waals surface area contributed by atoms with Crippen LogP contribution < -0.4 is 0 Å². The highest BCUT2D eigenvalue weighted by atomic mass is 32.2. The van der Waals surface area contributed by atoms with Gasteiger partial charge in [0.05, 0.1) is 11.4 Å². The first-order valence-corrected chi connectivity index (χ1v) is 9.54. The molecule has 0 radical (unpaired) electrons. The molecule has 1 aliphatic heterocycles. The Labute approximate surface area is 147 Å². The molecule has 1 saturated heterocycles. The van der Waals surface area contributed by atoms with Crippen molar-refractivity contribution in [1.82, 2.24) is 10.1 Å². The van der Waals surface area contributed by atoms with Crippen molar-refractivity contribution in [3.8, 4) is 0 Å². The maximum absolute atomic E-state index is 12.5. The van der Waals surface area contributed by atoms with Crippen LogP contribution in [0.5, 0.6) is 0 Å². The van der Waals surface area contributed by atoms with Crippen LogP contribution in [0.15, 0.2) is 28.8 Å². The molecule has 5 heteroatoms. The largest absolute Gasteiger partial charge is 0.361 e. The summed E-state index contributed by atoms with van der Waals surface area (Å²) in [6.45, 7) is 7.73. The molecule has 1 fully saturated rings. The van der Waals surface area contributed by atoms with Gasteiger partial charge in [-0.2, -0.15) is 0 Å². The Kier molecular flexibility index (Phi) is 5.29. The number of aryl methyl sites for hydroxylation is 3. The number of benzene rings is 1. The van der Waals surface area contributed by atoms with Crippen LogP contribution in [0.4, 0.5) is 0 Å². The lowest BCUT2D eigenvalue weighted by molar-refractivity contribution is -0.127. The summed E-state index contributed by atoms with van der Waals surface area (Å²) in [7, 11) is 0. The second-order valence-corrected chi connectivity index (χ2v) is 7.46. The molecule has 2 aromatic rings. The van der Waals surface area contributed by atoms with Gasteiger partial charge in [0.15, 0.2) is 0 Å². The van der Waals surface area contributed by atoms with E-state index in [0.29, 0.717) is 11.7 Å². The van der Waals surface area contributed by atoms with Gasteiger partial charge in [0, 0.05) is 30.3 Å². The van der Waals surface area contributed by atoms with Crippen LogP contribution in [0.25, 0.3) is 0 Å². The van der Waals surface area contributed by atoms with E-state index in [9.17, 15) is 4.79 Å². The fourth-order valence-corrected chi connectivity index (χ4v) is 4.40. The fraction of sp³-hybridized carbons (Fsp3) is 0.474. The molecule has 1 atom stereocenters. The van der Waals surface area contributed by atoms with Crippen LogP contribution in [0, 0.1) is 20.8 Å². The standard InChI is InChI=1S/C19H24N2O2S/c1-13-6-4-5-7-17(13)16-8-9-21(10-16)19(22)12-24-11-18-14(2)20-23-15(18)3/h4-7,16H,8-12H2,1-3H3/t16-/m0/s1. The minimum absolute atomic E-state index is 0.239. The number of rotatable bonds is 5. The average molecular weight is 344 g/mol. The number of nitrogens with zero attached hydrogens (tertiary/aromatic N) is 2. The molecule has 1 aromatic carbocycles. The average Bonchev–Trinajstić information content (AvgIpc) is 3.17. The first kappa shape index (κ1) is 17.1. The SMILES string of the molecule is Cc1ccccc1[C@H]1CCN(C(=O)CSCc2c(C)noc2C)C1. The Bertz CT molecular complexity index is 706. The van der Waals surface area contributed by atoms with Gasteiger partial charge in [0.25, 0.3) is 0 Å². The smallest absolute Gasteiger partial charge is 0.232 e. The molecule has 1 amide bonds. The summed E-state index contributed by atoms with van der Waals surface area (Å²) in [5.41, 5.74) is 4.75. The molecule has 1 aliphatic rings. The van der Waals surface area contributed by atoms with Crippen LogP contribution in [-0.2, 0) is 10.5 Å². The zero-order chi connectivity index (χ0) is 17.1. The van der Waals surface area contributed by atoms with Gasteiger partial charge < -0.3 is 9.42 Å². The predicted molar refractivity (Wildman–Crippen MR) is 97.3 cm³/mol. The number of carbonyl (C=O) groups is 1. The van der Waals surface area contributed by atoms with E-state index in [1.807, 2.05) is 18.7 Å². The lowest BCUT2D eigenvalue weighted by Gasteiger charge is -2.17. The fourth-order valence-electron chi connectivity index (χ4n) is 3.33. The van der Waals surface area contributed by atoms with Crippen LogP contribution in [0.2, 0.25) is 0 Å². The van der Waals surface area contributed by atoms with Gasteiger partial charge in [-0.1, -0.05) is 29.4 Å². The Morgan fingerprint density at radius 2 is 2.12 bits per heavy atom. The van der Waals surface area contributed by atoms with E-state index in [2.05, 4.69) is 36.3 Å². The van der Waals surface area contributed by atoms with E-state index in [1.165, 1.54) is 11.1 Å². The van der Waals surface area contributed by atoms with E-state index < -0.39 is 0 Å². The number of hydrogen-bond donors (Lipinski definition) is 0. The van der Waals surface area contributed by atoms with Crippen molar-refractivity contribution in [2.24, 2.45) is 0 Å². The Hall–Kier alpha value is -1.75. The molecule has 0 spiro atoms. The summed E-state index contributed by atoms with van der Waals surface area (Å²) in [6, 6.07) is 8.51. The van der Waals surface area contributed by atoms with Crippen LogP contribution in [-0.4, -0.2) is 34.8 Å². The number of carbonyl (C=O) groups excluding carboxylic acids is 1. The zero-order valence-corrected chi connectivity index (χ0v) is 15.4. The first-order chi connectivity index (χ1) is 11.6. The molecule has 0 aliphatic carbocycles. The van der Waals surface area contributed by atoms with Crippen LogP contribution >= 0.6 is 11.8 Å². The highest BCUT2D eigenvalue weighted by molar-refractivity contribution is 7.99. The number of aromatic nitrogens is 1. The van der Waals surface area contributed by atoms with E-state index in [1.54, 1.807) is 11.8 Å². The minimum Gasteiger partial charge on any atom is -0.361 e. The molecule has 4 nitrogen and oxygen atoms in total.